The monoisotopic (exact) mass is 207 g/mol. The second kappa shape index (κ2) is 4.23. The highest BCUT2D eigenvalue weighted by molar-refractivity contribution is 5.53. The summed E-state index contributed by atoms with van der Waals surface area (Å²) < 4.78 is 0.735. The van der Waals surface area contributed by atoms with Crippen LogP contribution in [0.3, 0.4) is 0 Å². The van der Waals surface area contributed by atoms with Crippen molar-refractivity contribution in [2.24, 2.45) is 0 Å². The fourth-order valence-corrected chi connectivity index (χ4v) is 1.18. The Bertz CT molecular complexity index is 375. The quantitative estimate of drug-likeness (QED) is 0.433. The van der Waals surface area contributed by atoms with E-state index in [1.165, 1.54) is 6.08 Å². The third-order valence-electron chi connectivity index (χ3n) is 2.06. The molecule has 0 aliphatic heterocycles. The van der Waals surface area contributed by atoms with Crippen LogP contribution in [-0.2, 0) is 0 Å². The van der Waals surface area contributed by atoms with Crippen molar-refractivity contribution in [3.8, 4) is 0 Å². The molecule has 0 unspecified atom stereocenters. The van der Waals surface area contributed by atoms with E-state index in [1.807, 2.05) is 24.3 Å². The van der Waals surface area contributed by atoms with Gasteiger partial charge in [-0.15, -0.1) is 0 Å². The molecular weight excluding hydrogens is 192 g/mol. The smallest absolute Gasteiger partial charge is 0.235 e. The van der Waals surface area contributed by atoms with Crippen LogP contribution in [0.2, 0.25) is 0 Å². The Labute approximate surface area is 89.2 Å². The molecule has 0 aliphatic rings. The molecule has 1 rings (SSSR count). The molecule has 1 aromatic carbocycles. The molecule has 0 aromatic heterocycles. The maximum Gasteiger partial charge on any atom is 0.235 e. The summed E-state index contributed by atoms with van der Waals surface area (Å²) in [7, 11) is 6.21. The van der Waals surface area contributed by atoms with Gasteiger partial charge in [-0.05, 0) is 29.8 Å². The second-order valence-electron chi connectivity index (χ2n) is 4.21. The molecule has 0 bridgehead atoms. The first kappa shape index (κ1) is 11.4. The number of nitro groups is 1. The van der Waals surface area contributed by atoms with Gasteiger partial charge in [0.15, 0.2) is 0 Å². The summed E-state index contributed by atoms with van der Waals surface area (Å²) in [6.07, 6.45) is 2.43. The van der Waals surface area contributed by atoms with Crippen LogP contribution in [0.4, 0.5) is 5.69 Å². The average molecular weight is 207 g/mol. The van der Waals surface area contributed by atoms with E-state index in [9.17, 15) is 10.1 Å². The van der Waals surface area contributed by atoms with Crippen LogP contribution in [0.15, 0.2) is 30.5 Å². The molecule has 0 spiro atoms. The Hall–Kier alpha value is -1.68. The first-order valence-electron chi connectivity index (χ1n) is 4.63. The van der Waals surface area contributed by atoms with E-state index in [1.54, 1.807) is 0 Å². The van der Waals surface area contributed by atoms with Crippen molar-refractivity contribution in [1.82, 2.24) is 4.48 Å². The molecule has 0 N–H and O–H groups in total. The normalized spacial score (nSPS) is 11.9. The lowest BCUT2D eigenvalue weighted by Gasteiger charge is -2.23. The molecule has 80 valence electrons. The number of hydrogen-bond acceptors (Lipinski definition) is 2. The first-order valence-corrected chi connectivity index (χ1v) is 4.63. The van der Waals surface area contributed by atoms with E-state index in [0.29, 0.717) is 0 Å². The highest BCUT2D eigenvalue weighted by Gasteiger charge is 2.10. The molecule has 1 aromatic rings. The van der Waals surface area contributed by atoms with Gasteiger partial charge in [0.25, 0.3) is 0 Å². The molecule has 0 saturated carbocycles. The lowest BCUT2D eigenvalue weighted by Crippen LogP contribution is -2.34. The van der Waals surface area contributed by atoms with Crippen LogP contribution in [0.1, 0.15) is 5.56 Å². The Morgan fingerprint density at radius 3 is 2.13 bits per heavy atom. The highest BCUT2D eigenvalue weighted by Crippen LogP contribution is 2.17. The van der Waals surface area contributed by atoms with Gasteiger partial charge in [-0.2, -0.15) is 0 Å². The van der Waals surface area contributed by atoms with E-state index in [-0.39, 0.29) is 0 Å². The van der Waals surface area contributed by atoms with Gasteiger partial charge in [0.1, 0.15) is 5.69 Å². The maximum absolute atomic E-state index is 10.1. The third kappa shape index (κ3) is 3.52. The molecule has 0 atom stereocenters. The lowest BCUT2D eigenvalue weighted by molar-refractivity contribution is -0.400. The topological polar surface area (TPSA) is 43.1 Å². The summed E-state index contributed by atoms with van der Waals surface area (Å²) in [5, 5.41) is 10.1. The zero-order valence-corrected chi connectivity index (χ0v) is 9.18. The zero-order chi connectivity index (χ0) is 11.5. The molecule has 0 saturated heterocycles. The van der Waals surface area contributed by atoms with Gasteiger partial charge in [0, 0.05) is 6.08 Å². The van der Waals surface area contributed by atoms with Crippen LogP contribution in [0.25, 0.3) is 6.08 Å². The van der Waals surface area contributed by atoms with Gasteiger partial charge in [0.2, 0.25) is 6.20 Å². The summed E-state index contributed by atoms with van der Waals surface area (Å²) in [6, 6.07) is 7.69. The van der Waals surface area contributed by atoms with Crippen LogP contribution in [-0.4, -0.2) is 26.1 Å². The molecule has 4 nitrogen and oxygen atoms in total. The van der Waals surface area contributed by atoms with Crippen molar-refractivity contribution < 1.29 is 4.92 Å². The predicted octanol–water partition coefficient (Wildman–Crippen LogP) is 2.13. The van der Waals surface area contributed by atoms with Crippen molar-refractivity contribution in [2.75, 3.05) is 21.1 Å². The Morgan fingerprint density at radius 1 is 1.20 bits per heavy atom. The lowest BCUT2D eigenvalue weighted by atomic mass is 10.2. The SMILES string of the molecule is C[N+](C)(C)c1ccc(C=C[N+](=O)[O-])cc1. The fourth-order valence-electron chi connectivity index (χ4n) is 1.18. The Morgan fingerprint density at radius 2 is 1.73 bits per heavy atom. The van der Waals surface area contributed by atoms with Crippen molar-refractivity contribution >= 4 is 11.8 Å². The van der Waals surface area contributed by atoms with E-state index in [4.69, 9.17) is 0 Å². The van der Waals surface area contributed by atoms with E-state index >= 15 is 0 Å². The number of quaternary nitrogens is 1. The molecule has 0 aliphatic carbocycles. The third-order valence-corrected chi connectivity index (χ3v) is 2.06. The highest BCUT2D eigenvalue weighted by atomic mass is 16.6. The summed E-state index contributed by atoms with van der Waals surface area (Å²) in [5.74, 6) is 0. The van der Waals surface area contributed by atoms with Crippen molar-refractivity contribution in [1.29, 1.82) is 0 Å². The van der Waals surface area contributed by atoms with E-state index < -0.39 is 4.92 Å². The second-order valence-corrected chi connectivity index (χ2v) is 4.21. The van der Waals surface area contributed by atoms with E-state index in [2.05, 4.69) is 21.1 Å². The Balaban J connectivity index is 2.86. The standard InChI is InChI=1S/C11H15N2O2/c1-13(2,3)11-6-4-10(5-7-11)8-9-12(14)15/h4-9H,1-3H3/q+1. The van der Waals surface area contributed by atoms with Crippen LogP contribution >= 0.6 is 0 Å². The van der Waals surface area contributed by atoms with Gasteiger partial charge in [-0.25, -0.2) is 0 Å². The molecular formula is C11H15N2O2+. The minimum Gasteiger partial charge on any atom is -0.298 e. The minimum atomic E-state index is -0.465. The number of benzene rings is 1. The zero-order valence-electron chi connectivity index (χ0n) is 9.18. The molecule has 4 heteroatoms. The predicted molar refractivity (Wildman–Crippen MR) is 62.0 cm³/mol. The number of rotatable bonds is 3. The summed E-state index contributed by atoms with van der Waals surface area (Å²) in [4.78, 5) is 9.65. The van der Waals surface area contributed by atoms with Gasteiger partial charge in [-0.1, -0.05) is 0 Å². The number of nitrogens with zero attached hydrogens (tertiary/aromatic N) is 2. The molecule has 0 amide bonds. The Kier molecular flexibility index (Phi) is 3.21. The summed E-state index contributed by atoms with van der Waals surface area (Å²) in [6.45, 7) is 0. The van der Waals surface area contributed by atoms with Gasteiger partial charge in [-0.3, -0.25) is 14.6 Å². The van der Waals surface area contributed by atoms with Crippen molar-refractivity contribution in [3.63, 3.8) is 0 Å². The van der Waals surface area contributed by atoms with Crippen LogP contribution in [0, 0.1) is 10.1 Å². The minimum absolute atomic E-state index is 0.465. The molecule has 0 heterocycles. The van der Waals surface area contributed by atoms with Crippen molar-refractivity contribution in [3.05, 3.63) is 46.1 Å². The number of hydrogen-bond donors (Lipinski definition) is 0. The van der Waals surface area contributed by atoms with Gasteiger partial charge >= 0.3 is 0 Å². The maximum atomic E-state index is 10.1. The van der Waals surface area contributed by atoms with Crippen molar-refractivity contribution in [2.45, 2.75) is 0 Å². The van der Waals surface area contributed by atoms with Crippen LogP contribution in [0.5, 0.6) is 0 Å². The van der Waals surface area contributed by atoms with E-state index in [0.717, 1.165) is 21.9 Å². The average Bonchev–Trinajstić information content (AvgIpc) is 2.14. The summed E-state index contributed by atoms with van der Waals surface area (Å²) in [5.41, 5.74) is 2.00. The van der Waals surface area contributed by atoms with Crippen LogP contribution < -0.4 is 4.48 Å². The largest absolute Gasteiger partial charge is 0.298 e. The first-order chi connectivity index (χ1) is 6.89. The van der Waals surface area contributed by atoms with Gasteiger partial charge in [0.05, 0.1) is 26.1 Å². The van der Waals surface area contributed by atoms with Gasteiger partial charge < -0.3 is 0 Å². The molecule has 15 heavy (non-hydrogen) atoms. The molecule has 0 radical (unpaired) electrons. The fraction of sp³-hybridized carbons (Fsp3) is 0.273. The summed E-state index contributed by atoms with van der Waals surface area (Å²) >= 11 is 0. The molecule has 0 fully saturated rings.